The molecule has 1 rings (SSSR count). The Morgan fingerprint density at radius 1 is 1.38 bits per heavy atom. The van der Waals surface area contributed by atoms with E-state index in [9.17, 15) is 22.0 Å². The molecule has 0 saturated heterocycles. The van der Waals surface area contributed by atoms with Gasteiger partial charge in [-0.2, -0.15) is 0 Å². The van der Waals surface area contributed by atoms with E-state index in [1.807, 2.05) is 0 Å². The molecule has 1 aromatic carbocycles. The zero-order valence-electron chi connectivity index (χ0n) is 11.3. The van der Waals surface area contributed by atoms with Crippen LogP contribution in [0, 0.1) is 11.6 Å². The summed E-state index contributed by atoms with van der Waals surface area (Å²) in [5, 5.41) is 0. The van der Waals surface area contributed by atoms with Gasteiger partial charge in [-0.05, 0) is 25.0 Å². The second kappa shape index (κ2) is 7.00. The summed E-state index contributed by atoms with van der Waals surface area (Å²) in [5.74, 6) is -3.46. The van der Waals surface area contributed by atoms with Crippen molar-refractivity contribution in [2.75, 3.05) is 13.6 Å². The Bertz CT molecular complexity index is 662. The third kappa shape index (κ3) is 4.50. The number of hydrogen-bond acceptors (Lipinski definition) is 3. The molecule has 8 heteroatoms. The van der Waals surface area contributed by atoms with Gasteiger partial charge in [0, 0.05) is 24.3 Å². The monoisotopic (exact) mass is 337 g/mol. The number of unbranched alkanes of at least 4 members (excludes halogenated alkanes) is 1. The first-order valence-electron chi connectivity index (χ1n) is 5.98. The summed E-state index contributed by atoms with van der Waals surface area (Å²) in [6, 6.07) is 0.944. The predicted molar refractivity (Wildman–Crippen MR) is 75.8 cm³/mol. The Morgan fingerprint density at radius 2 is 1.95 bits per heavy atom. The lowest BCUT2D eigenvalue weighted by molar-refractivity contribution is 0.0789. The van der Waals surface area contributed by atoms with Crippen molar-refractivity contribution in [1.82, 2.24) is 4.90 Å². The summed E-state index contributed by atoms with van der Waals surface area (Å²) in [6.07, 6.45) is 2.94. The molecule has 0 aromatic heterocycles. The van der Waals surface area contributed by atoms with Gasteiger partial charge in [0.05, 0.1) is 10.5 Å². The Kier molecular flexibility index (Phi) is 5.86. The summed E-state index contributed by atoms with van der Waals surface area (Å²) in [7, 11) is 2.22. The van der Waals surface area contributed by atoms with Gasteiger partial charge < -0.3 is 4.90 Å². The average molecular weight is 338 g/mol. The lowest BCUT2D eigenvalue weighted by Crippen LogP contribution is -2.29. The van der Waals surface area contributed by atoms with Crippen LogP contribution in [0.4, 0.5) is 8.78 Å². The van der Waals surface area contributed by atoms with Gasteiger partial charge in [-0.15, -0.1) is 6.58 Å². The van der Waals surface area contributed by atoms with Gasteiger partial charge in [0.2, 0.25) is 0 Å². The number of nitrogens with zero attached hydrogens (tertiary/aromatic N) is 1. The molecule has 0 N–H and O–H groups in total. The number of carbonyl (C=O) groups excluding carboxylic acids is 1. The molecule has 0 saturated carbocycles. The Labute approximate surface area is 126 Å². The standard InChI is InChI=1S/C13H14ClF2NO3S/c1-3-4-5-6-17(2)13(18)9-7-10(15)11(16)8-12(9)21(14,19)20/h3,7-8H,1,4-6H2,2H3. The van der Waals surface area contributed by atoms with Crippen molar-refractivity contribution in [3.05, 3.63) is 42.0 Å². The minimum absolute atomic E-state index is 0.311. The van der Waals surface area contributed by atoms with Crippen molar-refractivity contribution < 1.29 is 22.0 Å². The number of halogens is 3. The summed E-state index contributed by atoms with van der Waals surface area (Å²) < 4.78 is 49.2. The minimum Gasteiger partial charge on any atom is -0.342 e. The molecular weight excluding hydrogens is 324 g/mol. The molecule has 0 aliphatic carbocycles. The van der Waals surface area contributed by atoms with E-state index < -0.39 is 37.1 Å². The molecule has 0 atom stereocenters. The number of rotatable bonds is 6. The van der Waals surface area contributed by atoms with Gasteiger partial charge in [0.1, 0.15) is 0 Å². The van der Waals surface area contributed by atoms with Gasteiger partial charge in [-0.25, -0.2) is 17.2 Å². The number of hydrogen-bond donors (Lipinski definition) is 0. The van der Waals surface area contributed by atoms with Crippen molar-refractivity contribution in [3.8, 4) is 0 Å². The number of benzene rings is 1. The van der Waals surface area contributed by atoms with Crippen LogP contribution < -0.4 is 0 Å². The molecule has 0 spiro atoms. The van der Waals surface area contributed by atoms with E-state index >= 15 is 0 Å². The summed E-state index contributed by atoms with van der Waals surface area (Å²) in [6.45, 7) is 3.85. The van der Waals surface area contributed by atoms with Crippen LogP contribution >= 0.6 is 10.7 Å². The Morgan fingerprint density at radius 3 is 2.48 bits per heavy atom. The third-order valence-corrected chi connectivity index (χ3v) is 4.13. The first-order chi connectivity index (χ1) is 9.68. The fraction of sp³-hybridized carbons (Fsp3) is 0.308. The van der Waals surface area contributed by atoms with Crippen LogP contribution in [0.25, 0.3) is 0 Å². The minimum atomic E-state index is -4.37. The summed E-state index contributed by atoms with van der Waals surface area (Å²) in [4.78, 5) is 12.6. The fourth-order valence-corrected chi connectivity index (χ4v) is 2.71. The zero-order valence-corrected chi connectivity index (χ0v) is 12.8. The summed E-state index contributed by atoms with van der Waals surface area (Å²) in [5.41, 5.74) is -0.495. The number of amides is 1. The van der Waals surface area contributed by atoms with Crippen LogP contribution in [0.1, 0.15) is 23.2 Å². The largest absolute Gasteiger partial charge is 0.342 e. The van der Waals surface area contributed by atoms with Crippen LogP contribution in [-0.4, -0.2) is 32.8 Å². The average Bonchev–Trinajstić information content (AvgIpc) is 2.39. The van der Waals surface area contributed by atoms with Crippen molar-refractivity contribution in [2.24, 2.45) is 0 Å². The van der Waals surface area contributed by atoms with Crippen LogP contribution in [0.5, 0.6) is 0 Å². The molecule has 0 aliphatic rings. The maximum atomic E-state index is 13.3. The van der Waals surface area contributed by atoms with Crippen LogP contribution in [-0.2, 0) is 9.05 Å². The van der Waals surface area contributed by atoms with Gasteiger partial charge in [-0.1, -0.05) is 6.08 Å². The molecule has 0 radical (unpaired) electrons. The predicted octanol–water partition coefficient (Wildman–Crippen LogP) is 2.93. The van der Waals surface area contributed by atoms with E-state index in [1.165, 1.54) is 11.9 Å². The first-order valence-corrected chi connectivity index (χ1v) is 8.29. The molecule has 0 heterocycles. The van der Waals surface area contributed by atoms with E-state index in [4.69, 9.17) is 10.7 Å². The molecule has 1 aromatic rings. The second-order valence-corrected chi connectivity index (χ2v) is 6.89. The highest BCUT2D eigenvalue weighted by molar-refractivity contribution is 8.13. The molecule has 116 valence electrons. The Hall–Kier alpha value is -1.47. The van der Waals surface area contributed by atoms with Gasteiger partial charge in [0.15, 0.2) is 11.6 Å². The van der Waals surface area contributed by atoms with Crippen LogP contribution in [0.3, 0.4) is 0 Å². The Balaban J connectivity index is 3.19. The van der Waals surface area contributed by atoms with E-state index in [2.05, 4.69) is 6.58 Å². The van der Waals surface area contributed by atoms with E-state index in [0.717, 1.165) is 0 Å². The number of allylic oxidation sites excluding steroid dienone is 1. The van der Waals surface area contributed by atoms with Crippen molar-refractivity contribution in [1.29, 1.82) is 0 Å². The van der Waals surface area contributed by atoms with E-state index in [1.54, 1.807) is 6.08 Å². The molecule has 0 fully saturated rings. The third-order valence-electron chi connectivity index (χ3n) is 2.76. The fourth-order valence-electron chi connectivity index (χ4n) is 1.68. The highest BCUT2D eigenvalue weighted by Gasteiger charge is 2.25. The lowest BCUT2D eigenvalue weighted by atomic mass is 10.1. The molecule has 0 unspecified atom stereocenters. The summed E-state index contributed by atoms with van der Waals surface area (Å²) >= 11 is 0. The van der Waals surface area contributed by atoms with Crippen LogP contribution in [0.2, 0.25) is 0 Å². The lowest BCUT2D eigenvalue weighted by Gasteiger charge is -2.18. The van der Waals surface area contributed by atoms with Gasteiger partial charge in [-0.3, -0.25) is 4.79 Å². The van der Waals surface area contributed by atoms with Gasteiger partial charge in [0.25, 0.3) is 15.0 Å². The maximum Gasteiger partial charge on any atom is 0.262 e. The normalized spacial score (nSPS) is 11.2. The molecule has 1 amide bonds. The molecule has 0 aliphatic heterocycles. The SMILES string of the molecule is C=CCCCN(C)C(=O)c1cc(F)c(F)cc1S(=O)(=O)Cl. The van der Waals surface area contributed by atoms with Gasteiger partial charge >= 0.3 is 0 Å². The van der Waals surface area contributed by atoms with E-state index in [-0.39, 0.29) is 0 Å². The highest BCUT2D eigenvalue weighted by Crippen LogP contribution is 2.24. The molecule has 0 bridgehead atoms. The van der Waals surface area contributed by atoms with Crippen molar-refractivity contribution >= 4 is 25.6 Å². The van der Waals surface area contributed by atoms with Crippen molar-refractivity contribution in [3.63, 3.8) is 0 Å². The number of carbonyl (C=O) groups is 1. The highest BCUT2D eigenvalue weighted by atomic mass is 35.7. The van der Waals surface area contributed by atoms with E-state index in [0.29, 0.717) is 31.5 Å². The molecule has 4 nitrogen and oxygen atoms in total. The quantitative estimate of drug-likeness (QED) is 0.455. The van der Waals surface area contributed by atoms with Crippen molar-refractivity contribution in [2.45, 2.75) is 17.7 Å². The van der Waals surface area contributed by atoms with Crippen LogP contribution in [0.15, 0.2) is 29.7 Å². The second-order valence-electron chi connectivity index (χ2n) is 4.36. The zero-order chi connectivity index (χ0) is 16.2. The molecular formula is C13H14ClF2NO3S. The maximum absolute atomic E-state index is 13.3. The smallest absolute Gasteiger partial charge is 0.262 e. The molecule has 21 heavy (non-hydrogen) atoms. The topological polar surface area (TPSA) is 54.5 Å². The first kappa shape index (κ1) is 17.6.